The summed E-state index contributed by atoms with van der Waals surface area (Å²) >= 11 is 0. The number of ether oxygens (including phenoxy) is 1. The maximum absolute atomic E-state index is 12.8. The molecule has 1 saturated heterocycles. The minimum Gasteiger partial charge on any atom is -0.457 e. The Bertz CT molecular complexity index is 924. The van der Waals surface area contributed by atoms with E-state index in [9.17, 15) is 4.79 Å². The zero-order valence-corrected chi connectivity index (χ0v) is 14.8. The van der Waals surface area contributed by atoms with Crippen molar-refractivity contribution in [1.29, 1.82) is 0 Å². The third kappa shape index (κ3) is 4.06. The summed E-state index contributed by atoms with van der Waals surface area (Å²) in [6.07, 6.45) is 3.81. The summed E-state index contributed by atoms with van der Waals surface area (Å²) in [7, 11) is 0. The summed E-state index contributed by atoms with van der Waals surface area (Å²) in [6.45, 7) is 1.97. The third-order valence-corrected chi connectivity index (χ3v) is 4.43. The van der Waals surface area contributed by atoms with E-state index in [1.54, 1.807) is 12.1 Å². The number of amides is 1. The molecule has 0 radical (unpaired) electrons. The van der Waals surface area contributed by atoms with Gasteiger partial charge in [-0.15, -0.1) is 0 Å². The SMILES string of the molecule is O=C(Nc1cc(N2CCCC2)ncn1)c1ccccc1Oc1ccccc1. The molecule has 3 aromatic rings. The first-order chi connectivity index (χ1) is 13.3. The first-order valence-corrected chi connectivity index (χ1v) is 9.00. The minimum atomic E-state index is -0.271. The second kappa shape index (κ2) is 7.86. The van der Waals surface area contributed by atoms with Crippen molar-refractivity contribution in [3.63, 3.8) is 0 Å². The van der Waals surface area contributed by atoms with Crippen LogP contribution < -0.4 is 15.0 Å². The fourth-order valence-corrected chi connectivity index (χ4v) is 3.08. The molecule has 1 aliphatic heterocycles. The quantitative estimate of drug-likeness (QED) is 0.741. The fraction of sp³-hybridized carbons (Fsp3) is 0.190. The maximum Gasteiger partial charge on any atom is 0.260 e. The molecular weight excluding hydrogens is 340 g/mol. The molecule has 6 nitrogen and oxygen atoms in total. The molecule has 1 N–H and O–H groups in total. The normalized spacial score (nSPS) is 13.4. The number of hydrogen-bond acceptors (Lipinski definition) is 5. The molecule has 1 aromatic heterocycles. The molecule has 4 rings (SSSR count). The average molecular weight is 360 g/mol. The van der Waals surface area contributed by atoms with Crippen LogP contribution in [-0.2, 0) is 0 Å². The lowest BCUT2D eigenvalue weighted by Crippen LogP contribution is -2.20. The second-order valence-corrected chi connectivity index (χ2v) is 6.32. The third-order valence-electron chi connectivity index (χ3n) is 4.43. The van der Waals surface area contributed by atoms with Crippen molar-refractivity contribution >= 4 is 17.5 Å². The number of benzene rings is 2. The van der Waals surface area contributed by atoms with E-state index in [1.807, 2.05) is 48.5 Å². The predicted molar refractivity (Wildman–Crippen MR) is 104 cm³/mol. The smallest absolute Gasteiger partial charge is 0.260 e. The number of aromatic nitrogens is 2. The van der Waals surface area contributed by atoms with Crippen LogP contribution in [0.15, 0.2) is 67.0 Å². The minimum absolute atomic E-state index is 0.271. The van der Waals surface area contributed by atoms with Crippen molar-refractivity contribution < 1.29 is 9.53 Å². The molecule has 0 spiro atoms. The Morgan fingerprint density at radius 3 is 2.52 bits per heavy atom. The van der Waals surface area contributed by atoms with Crippen molar-refractivity contribution in [1.82, 2.24) is 9.97 Å². The first-order valence-electron chi connectivity index (χ1n) is 9.00. The second-order valence-electron chi connectivity index (χ2n) is 6.32. The lowest BCUT2D eigenvalue weighted by Gasteiger charge is -2.16. The summed E-state index contributed by atoms with van der Waals surface area (Å²) < 4.78 is 5.87. The van der Waals surface area contributed by atoms with Gasteiger partial charge in [0.25, 0.3) is 5.91 Å². The van der Waals surface area contributed by atoms with E-state index >= 15 is 0 Å². The highest BCUT2D eigenvalue weighted by Crippen LogP contribution is 2.26. The van der Waals surface area contributed by atoms with E-state index in [2.05, 4.69) is 20.2 Å². The molecular formula is C21H20N4O2. The van der Waals surface area contributed by atoms with E-state index in [-0.39, 0.29) is 5.91 Å². The fourth-order valence-electron chi connectivity index (χ4n) is 3.08. The van der Waals surface area contributed by atoms with Gasteiger partial charge in [-0.1, -0.05) is 30.3 Å². The molecule has 1 fully saturated rings. The van der Waals surface area contributed by atoms with Crippen LogP contribution in [0.25, 0.3) is 0 Å². The van der Waals surface area contributed by atoms with E-state index < -0.39 is 0 Å². The topological polar surface area (TPSA) is 67.4 Å². The Morgan fingerprint density at radius 1 is 0.963 bits per heavy atom. The highest BCUT2D eigenvalue weighted by atomic mass is 16.5. The van der Waals surface area contributed by atoms with E-state index in [0.29, 0.717) is 22.9 Å². The number of nitrogens with one attached hydrogen (secondary N) is 1. The molecule has 27 heavy (non-hydrogen) atoms. The highest BCUT2D eigenvalue weighted by Gasteiger charge is 2.17. The van der Waals surface area contributed by atoms with Crippen LogP contribution in [0.4, 0.5) is 11.6 Å². The zero-order valence-electron chi connectivity index (χ0n) is 14.8. The van der Waals surface area contributed by atoms with Gasteiger partial charge in [-0.2, -0.15) is 0 Å². The van der Waals surface area contributed by atoms with Crippen molar-refractivity contribution in [2.75, 3.05) is 23.3 Å². The van der Waals surface area contributed by atoms with Gasteiger partial charge in [0.15, 0.2) is 0 Å². The first kappa shape index (κ1) is 17.0. The van der Waals surface area contributed by atoms with Gasteiger partial charge in [0.05, 0.1) is 5.56 Å². The van der Waals surface area contributed by atoms with Crippen LogP contribution in [0.5, 0.6) is 11.5 Å². The van der Waals surface area contributed by atoms with Crippen molar-refractivity contribution in [2.45, 2.75) is 12.8 Å². The van der Waals surface area contributed by atoms with E-state index in [1.165, 1.54) is 6.33 Å². The number of anilines is 2. The van der Waals surface area contributed by atoms with E-state index in [0.717, 1.165) is 31.7 Å². The van der Waals surface area contributed by atoms with E-state index in [4.69, 9.17) is 4.74 Å². The van der Waals surface area contributed by atoms with Gasteiger partial charge in [0, 0.05) is 19.2 Å². The van der Waals surface area contributed by atoms with Crippen molar-refractivity contribution in [3.05, 3.63) is 72.6 Å². The Kier molecular flexibility index (Phi) is 4.96. The summed E-state index contributed by atoms with van der Waals surface area (Å²) in [5.41, 5.74) is 0.447. The summed E-state index contributed by atoms with van der Waals surface area (Å²) in [5.74, 6) is 2.22. The van der Waals surface area contributed by atoms with Crippen LogP contribution in [0, 0.1) is 0 Å². The highest BCUT2D eigenvalue weighted by molar-refractivity contribution is 6.05. The number of para-hydroxylation sites is 2. The van der Waals surface area contributed by atoms with Crippen molar-refractivity contribution in [2.24, 2.45) is 0 Å². The maximum atomic E-state index is 12.8. The molecule has 136 valence electrons. The number of nitrogens with zero attached hydrogens (tertiary/aromatic N) is 3. The van der Waals surface area contributed by atoms with Crippen molar-refractivity contribution in [3.8, 4) is 11.5 Å². The lowest BCUT2D eigenvalue weighted by molar-refractivity contribution is 0.102. The summed E-state index contributed by atoms with van der Waals surface area (Å²) in [5, 5.41) is 2.85. The predicted octanol–water partition coefficient (Wildman–Crippen LogP) is 4.12. The number of hydrogen-bond donors (Lipinski definition) is 1. The molecule has 1 amide bonds. The summed E-state index contributed by atoms with van der Waals surface area (Å²) in [4.78, 5) is 23.5. The number of rotatable bonds is 5. The number of carbonyl (C=O) groups is 1. The Hall–Kier alpha value is -3.41. The zero-order chi connectivity index (χ0) is 18.5. The summed E-state index contributed by atoms with van der Waals surface area (Å²) in [6, 6.07) is 18.4. The molecule has 0 aliphatic carbocycles. The van der Waals surface area contributed by atoms with Crippen LogP contribution >= 0.6 is 0 Å². The molecule has 6 heteroatoms. The molecule has 1 aliphatic rings. The van der Waals surface area contributed by atoms with Crippen LogP contribution in [0.2, 0.25) is 0 Å². The molecule has 0 saturated carbocycles. The lowest BCUT2D eigenvalue weighted by atomic mass is 10.2. The van der Waals surface area contributed by atoms with Gasteiger partial charge < -0.3 is 15.0 Å². The van der Waals surface area contributed by atoms with Gasteiger partial charge in [0.2, 0.25) is 0 Å². The number of carbonyl (C=O) groups excluding carboxylic acids is 1. The largest absolute Gasteiger partial charge is 0.457 e. The molecule has 0 bridgehead atoms. The van der Waals surface area contributed by atoms with Gasteiger partial charge in [-0.25, -0.2) is 9.97 Å². The Morgan fingerprint density at radius 2 is 1.70 bits per heavy atom. The van der Waals surface area contributed by atoms with Crippen LogP contribution in [0.3, 0.4) is 0 Å². The molecule has 0 atom stereocenters. The molecule has 2 heterocycles. The van der Waals surface area contributed by atoms with Crippen LogP contribution in [0.1, 0.15) is 23.2 Å². The standard InChI is InChI=1S/C21H20N4O2/c26-21(24-19-14-20(23-15-22-19)25-12-6-7-13-25)17-10-4-5-11-18(17)27-16-8-2-1-3-9-16/h1-5,8-11,14-15H,6-7,12-13H2,(H,22,23,24,26). The van der Waals surface area contributed by atoms with Gasteiger partial charge in [-0.3, -0.25) is 4.79 Å². The van der Waals surface area contributed by atoms with Gasteiger partial charge in [-0.05, 0) is 37.1 Å². The van der Waals surface area contributed by atoms with Gasteiger partial charge >= 0.3 is 0 Å². The Balaban J connectivity index is 1.53. The van der Waals surface area contributed by atoms with Gasteiger partial charge in [0.1, 0.15) is 29.5 Å². The molecule has 2 aromatic carbocycles. The monoisotopic (exact) mass is 360 g/mol. The van der Waals surface area contributed by atoms with Crippen LogP contribution in [-0.4, -0.2) is 29.0 Å². The average Bonchev–Trinajstić information content (AvgIpc) is 3.24. The Labute approximate surface area is 157 Å². The molecule has 0 unspecified atom stereocenters.